The fourth-order valence-electron chi connectivity index (χ4n) is 6.26. The van der Waals surface area contributed by atoms with Crippen LogP contribution in [0.3, 0.4) is 0 Å². The van der Waals surface area contributed by atoms with Gasteiger partial charge in [0, 0.05) is 73.7 Å². The summed E-state index contributed by atoms with van der Waals surface area (Å²) >= 11 is 0. The van der Waals surface area contributed by atoms with Gasteiger partial charge in [-0.25, -0.2) is 0 Å². The first kappa shape index (κ1) is 26.4. The summed E-state index contributed by atoms with van der Waals surface area (Å²) in [7, 11) is 2.07. The maximum atomic E-state index is 12.5. The Morgan fingerprint density at radius 2 is 1.82 bits per heavy atom. The Labute approximate surface area is 225 Å². The number of hydrogen-bond donors (Lipinski definition) is 2. The van der Waals surface area contributed by atoms with Gasteiger partial charge in [-0.05, 0) is 63.6 Å². The molecule has 0 radical (unpaired) electrons. The van der Waals surface area contributed by atoms with E-state index in [1.807, 2.05) is 49.1 Å². The van der Waals surface area contributed by atoms with Gasteiger partial charge in [-0.1, -0.05) is 19.1 Å². The number of carbonyl (C=O) groups is 1. The summed E-state index contributed by atoms with van der Waals surface area (Å²) in [6.45, 7) is 10.8. The van der Waals surface area contributed by atoms with Gasteiger partial charge in [0.15, 0.2) is 0 Å². The molecule has 5 rings (SSSR count). The number of pyridine rings is 1. The van der Waals surface area contributed by atoms with Gasteiger partial charge in [0.25, 0.3) is 0 Å². The topological polar surface area (TPSA) is 94.6 Å². The molecule has 4 heterocycles. The minimum atomic E-state index is -1.24. The molecule has 2 fully saturated rings. The van der Waals surface area contributed by atoms with Crippen LogP contribution in [0.1, 0.15) is 63.3 Å². The highest BCUT2D eigenvalue weighted by Gasteiger charge is 2.55. The highest BCUT2D eigenvalue weighted by atomic mass is 16.5. The lowest BCUT2D eigenvalue weighted by atomic mass is 9.62. The van der Waals surface area contributed by atoms with E-state index in [2.05, 4.69) is 40.1 Å². The number of likely N-dealkylation sites (tertiary alicyclic amines) is 2. The molecule has 0 aliphatic carbocycles. The molecular formula is C30H39N5O3. The first-order chi connectivity index (χ1) is 18.1. The molecule has 0 spiro atoms. The van der Waals surface area contributed by atoms with Crippen molar-refractivity contribution in [3.63, 3.8) is 0 Å². The third-order valence-corrected chi connectivity index (χ3v) is 8.18. The maximum absolute atomic E-state index is 12.5. The van der Waals surface area contributed by atoms with E-state index < -0.39 is 5.60 Å². The van der Waals surface area contributed by atoms with Crippen LogP contribution in [0, 0.1) is 5.41 Å². The van der Waals surface area contributed by atoms with E-state index in [-0.39, 0.29) is 17.4 Å². The number of nitrogens with zero attached hydrogens (tertiary/aromatic N) is 4. The maximum Gasteiger partial charge on any atom is 0.219 e. The number of hydrogen-bond acceptors (Lipinski definition) is 6. The SMILES string of the molecule is CC(=O)N1CCC(c2cc(-c3cncc([C@@](O)(c4ccc(OC(C)C)cc4)C4(C)CN(C)C4)c3)n[nH]2)CC1. The van der Waals surface area contributed by atoms with E-state index in [4.69, 9.17) is 4.74 Å². The monoisotopic (exact) mass is 517 g/mol. The number of aromatic nitrogens is 3. The van der Waals surface area contributed by atoms with Crippen LogP contribution in [0.4, 0.5) is 0 Å². The number of benzene rings is 1. The van der Waals surface area contributed by atoms with Crippen molar-refractivity contribution < 1.29 is 14.6 Å². The smallest absolute Gasteiger partial charge is 0.219 e. The lowest BCUT2D eigenvalue weighted by Crippen LogP contribution is -2.63. The van der Waals surface area contributed by atoms with Crippen LogP contribution in [-0.4, -0.2) is 75.3 Å². The van der Waals surface area contributed by atoms with Gasteiger partial charge in [0.05, 0.1) is 11.8 Å². The zero-order valence-electron chi connectivity index (χ0n) is 23.1. The van der Waals surface area contributed by atoms with Gasteiger partial charge in [-0.15, -0.1) is 0 Å². The largest absolute Gasteiger partial charge is 0.491 e. The van der Waals surface area contributed by atoms with E-state index >= 15 is 0 Å². The summed E-state index contributed by atoms with van der Waals surface area (Å²) in [5, 5.41) is 20.3. The van der Waals surface area contributed by atoms with Crippen LogP contribution in [0.2, 0.25) is 0 Å². The normalized spacial score (nSPS) is 19.7. The van der Waals surface area contributed by atoms with Gasteiger partial charge < -0.3 is 19.6 Å². The molecule has 2 aliphatic heterocycles. The lowest BCUT2D eigenvalue weighted by molar-refractivity contribution is -0.129. The van der Waals surface area contributed by atoms with Gasteiger partial charge in [-0.2, -0.15) is 5.10 Å². The zero-order chi connectivity index (χ0) is 27.1. The molecule has 0 unspecified atom stereocenters. The summed E-state index contributed by atoms with van der Waals surface area (Å²) in [5.74, 6) is 1.26. The Morgan fingerprint density at radius 3 is 2.42 bits per heavy atom. The second kappa shape index (κ2) is 10.2. The Balaban J connectivity index is 1.45. The number of carbonyl (C=O) groups excluding carboxylic acids is 1. The van der Waals surface area contributed by atoms with Gasteiger partial charge in [-0.3, -0.25) is 14.9 Å². The molecule has 2 N–H and O–H groups in total. The van der Waals surface area contributed by atoms with Gasteiger partial charge in [0.2, 0.25) is 5.91 Å². The second-order valence-electron chi connectivity index (χ2n) is 11.6. The van der Waals surface area contributed by atoms with Crippen molar-refractivity contribution in [1.82, 2.24) is 25.0 Å². The molecular weight excluding hydrogens is 478 g/mol. The van der Waals surface area contributed by atoms with Crippen LogP contribution < -0.4 is 4.74 Å². The van der Waals surface area contributed by atoms with Crippen molar-refractivity contribution in [2.24, 2.45) is 5.41 Å². The predicted molar refractivity (Wildman–Crippen MR) is 147 cm³/mol. The summed E-state index contributed by atoms with van der Waals surface area (Å²) in [6, 6.07) is 11.9. The highest BCUT2D eigenvalue weighted by Crippen LogP contribution is 2.50. The van der Waals surface area contributed by atoms with Crippen molar-refractivity contribution in [2.45, 2.75) is 58.2 Å². The number of rotatable bonds is 7. The number of aliphatic hydroxyl groups is 1. The Bertz CT molecular complexity index is 1270. The summed E-state index contributed by atoms with van der Waals surface area (Å²) in [4.78, 5) is 20.4. The van der Waals surface area contributed by atoms with Crippen LogP contribution in [0.25, 0.3) is 11.3 Å². The van der Waals surface area contributed by atoms with E-state index in [1.54, 1.807) is 19.3 Å². The molecule has 8 heteroatoms. The number of amides is 1. The molecule has 1 atom stereocenters. The average molecular weight is 518 g/mol. The van der Waals surface area contributed by atoms with Crippen molar-refractivity contribution in [3.05, 3.63) is 65.6 Å². The molecule has 3 aromatic rings. The van der Waals surface area contributed by atoms with Crippen molar-refractivity contribution in [3.8, 4) is 17.0 Å². The Hall–Kier alpha value is -3.23. The third kappa shape index (κ3) is 4.83. The van der Waals surface area contributed by atoms with Crippen LogP contribution in [-0.2, 0) is 10.4 Å². The quantitative estimate of drug-likeness (QED) is 0.489. The fourth-order valence-corrected chi connectivity index (χ4v) is 6.26. The number of nitrogens with one attached hydrogen (secondary N) is 1. The van der Waals surface area contributed by atoms with Crippen molar-refractivity contribution in [2.75, 3.05) is 33.2 Å². The van der Waals surface area contributed by atoms with E-state index in [0.29, 0.717) is 5.92 Å². The number of ether oxygens (including phenoxy) is 1. The first-order valence-electron chi connectivity index (χ1n) is 13.5. The molecule has 0 saturated carbocycles. The molecule has 202 valence electrons. The minimum Gasteiger partial charge on any atom is -0.491 e. The molecule has 2 saturated heterocycles. The Morgan fingerprint density at radius 1 is 1.13 bits per heavy atom. The molecule has 1 aromatic carbocycles. The van der Waals surface area contributed by atoms with Crippen molar-refractivity contribution in [1.29, 1.82) is 0 Å². The van der Waals surface area contributed by atoms with E-state index in [0.717, 1.165) is 72.8 Å². The van der Waals surface area contributed by atoms with Crippen LogP contribution >= 0.6 is 0 Å². The summed E-state index contributed by atoms with van der Waals surface area (Å²) in [5.41, 5.74) is 2.70. The van der Waals surface area contributed by atoms with E-state index in [9.17, 15) is 9.90 Å². The second-order valence-corrected chi connectivity index (χ2v) is 11.6. The van der Waals surface area contributed by atoms with Gasteiger partial charge in [0.1, 0.15) is 11.4 Å². The van der Waals surface area contributed by atoms with E-state index in [1.165, 1.54) is 0 Å². The number of aromatic amines is 1. The number of H-pyrrole nitrogens is 1. The van der Waals surface area contributed by atoms with Gasteiger partial charge >= 0.3 is 0 Å². The summed E-state index contributed by atoms with van der Waals surface area (Å²) in [6.07, 6.45) is 5.50. The van der Waals surface area contributed by atoms with Crippen LogP contribution in [0.5, 0.6) is 5.75 Å². The highest BCUT2D eigenvalue weighted by molar-refractivity contribution is 5.73. The Kier molecular flexibility index (Phi) is 7.05. The molecule has 8 nitrogen and oxygen atoms in total. The standard InChI is InChI=1S/C30H39N5O3/c1-20(2)38-26-8-6-24(7-9-26)30(37,29(4)18-34(5)19-29)25-14-23(16-31-17-25)28-15-27(32-33-28)22-10-12-35(13-11-22)21(3)36/h6-9,14-17,20,22,37H,10-13,18-19H2,1-5H3,(H,32,33)/t30-/m0/s1. The zero-order valence-corrected chi connectivity index (χ0v) is 23.1. The summed E-state index contributed by atoms with van der Waals surface area (Å²) < 4.78 is 5.84. The molecule has 2 aliphatic rings. The molecule has 0 bridgehead atoms. The van der Waals surface area contributed by atoms with Crippen molar-refractivity contribution >= 4 is 5.91 Å². The first-order valence-corrected chi connectivity index (χ1v) is 13.5. The van der Waals surface area contributed by atoms with Crippen LogP contribution in [0.15, 0.2) is 48.8 Å². The molecule has 1 amide bonds. The minimum absolute atomic E-state index is 0.0823. The third-order valence-electron chi connectivity index (χ3n) is 8.18. The molecule has 38 heavy (non-hydrogen) atoms. The molecule has 2 aromatic heterocycles. The number of piperidine rings is 1. The average Bonchev–Trinajstić information content (AvgIpc) is 3.38. The lowest BCUT2D eigenvalue weighted by Gasteiger charge is -2.55. The fraction of sp³-hybridized carbons (Fsp3) is 0.500. The predicted octanol–water partition coefficient (Wildman–Crippen LogP) is 4.17.